The fraction of sp³-hybridized carbons (Fsp3) is 0.421. The number of carbonyl (C=O) groups is 2. The van der Waals surface area contributed by atoms with Crippen molar-refractivity contribution in [3.63, 3.8) is 0 Å². The summed E-state index contributed by atoms with van der Waals surface area (Å²) in [5.41, 5.74) is 2.61. The summed E-state index contributed by atoms with van der Waals surface area (Å²) in [5, 5.41) is 0.739. The molecular weight excluding hydrogens is 366 g/mol. The molecule has 0 spiro atoms. The predicted molar refractivity (Wildman–Crippen MR) is 103 cm³/mol. The van der Waals surface area contributed by atoms with E-state index in [9.17, 15) is 9.59 Å². The molecule has 1 amide bonds. The molecule has 1 aromatic carbocycles. The average Bonchev–Trinajstić information content (AvgIpc) is 3.32. The molecule has 1 aromatic heterocycles. The fourth-order valence-electron chi connectivity index (χ4n) is 3.44. The molecule has 0 saturated carbocycles. The second-order valence-corrected chi connectivity index (χ2v) is 7.44. The molecule has 0 atom stereocenters. The Labute approximate surface area is 161 Å². The second-order valence-electron chi connectivity index (χ2n) is 6.46. The van der Waals surface area contributed by atoms with Gasteiger partial charge in [-0.3, -0.25) is 4.79 Å². The minimum absolute atomic E-state index is 0.0519. The van der Waals surface area contributed by atoms with Crippen LogP contribution in [0, 0.1) is 0 Å². The molecule has 0 aliphatic carbocycles. The Morgan fingerprint density at radius 1 is 1.22 bits per heavy atom. The molecule has 1 fully saturated rings. The molecule has 0 N–H and O–H groups in total. The largest absolute Gasteiger partial charge is 0.465 e. The van der Waals surface area contributed by atoms with Crippen molar-refractivity contribution in [2.45, 2.75) is 12.8 Å². The van der Waals surface area contributed by atoms with E-state index in [4.69, 9.17) is 9.47 Å². The van der Waals surface area contributed by atoms with Crippen LogP contribution >= 0.6 is 11.3 Å². The number of morpholine rings is 1. The fourth-order valence-corrected chi connectivity index (χ4v) is 4.49. The number of hydrogen-bond acceptors (Lipinski definition) is 7. The Kier molecular flexibility index (Phi) is 5.09. The van der Waals surface area contributed by atoms with Gasteiger partial charge in [0.05, 0.1) is 32.4 Å². The zero-order valence-corrected chi connectivity index (χ0v) is 16.0. The lowest BCUT2D eigenvalue weighted by molar-refractivity contribution is -0.117. The summed E-state index contributed by atoms with van der Waals surface area (Å²) in [6.07, 6.45) is 0.932. The van der Waals surface area contributed by atoms with Crippen LogP contribution < -0.4 is 9.80 Å². The predicted octanol–water partition coefficient (Wildman–Crippen LogP) is 1.90. The van der Waals surface area contributed by atoms with Gasteiger partial charge in [-0.2, -0.15) is 0 Å². The van der Waals surface area contributed by atoms with Crippen molar-refractivity contribution >= 4 is 34.0 Å². The molecule has 7 nitrogen and oxygen atoms in total. The van der Waals surface area contributed by atoms with Crippen molar-refractivity contribution in [2.24, 2.45) is 0 Å². The highest BCUT2D eigenvalue weighted by Crippen LogP contribution is 2.31. The van der Waals surface area contributed by atoms with Crippen LogP contribution in [0.4, 0.5) is 10.8 Å². The van der Waals surface area contributed by atoms with Gasteiger partial charge in [0.15, 0.2) is 5.13 Å². The first kappa shape index (κ1) is 17.9. The number of para-hydroxylation sites is 1. The number of esters is 1. The lowest BCUT2D eigenvalue weighted by Gasteiger charge is -2.26. The molecule has 0 bridgehead atoms. The van der Waals surface area contributed by atoms with E-state index in [-0.39, 0.29) is 12.3 Å². The summed E-state index contributed by atoms with van der Waals surface area (Å²) in [6.45, 7) is 3.37. The Morgan fingerprint density at radius 2 is 2.00 bits per heavy atom. The highest BCUT2D eigenvalue weighted by atomic mass is 32.1. The monoisotopic (exact) mass is 387 g/mol. The van der Waals surface area contributed by atoms with Gasteiger partial charge in [-0.1, -0.05) is 29.5 Å². The maximum Gasteiger partial charge on any atom is 0.350 e. The van der Waals surface area contributed by atoms with E-state index >= 15 is 0 Å². The van der Waals surface area contributed by atoms with Gasteiger partial charge < -0.3 is 19.3 Å². The molecule has 3 heterocycles. The third-order valence-electron chi connectivity index (χ3n) is 4.85. The molecule has 27 heavy (non-hydrogen) atoms. The van der Waals surface area contributed by atoms with Crippen LogP contribution in [-0.4, -0.2) is 56.8 Å². The number of thiazole rings is 1. The minimum Gasteiger partial charge on any atom is -0.465 e. The topological polar surface area (TPSA) is 72.0 Å². The van der Waals surface area contributed by atoms with Gasteiger partial charge in [-0.25, -0.2) is 9.78 Å². The van der Waals surface area contributed by atoms with Crippen molar-refractivity contribution in [1.29, 1.82) is 0 Å². The number of benzene rings is 1. The molecule has 142 valence electrons. The van der Waals surface area contributed by atoms with Crippen LogP contribution in [0.5, 0.6) is 0 Å². The van der Waals surface area contributed by atoms with Gasteiger partial charge in [0.1, 0.15) is 4.88 Å². The van der Waals surface area contributed by atoms with Crippen molar-refractivity contribution in [3.8, 4) is 0 Å². The number of nitrogens with zero attached hydrogens (tertiary/aromatic N) is 3. The standard InChI is InChI=1S/C19H21N3O4S/c1-25-18(24)17-14(20-19(27-17)21-8-10-26-11-9-21)12-16(23)22-7-6-13-4-2-3-5-15(13)22/h2-5H,6-12H2,1H3. The van der Waals surface area contributed by atoms with E-state index in [1.54, 1.807) is 4.90 Å². The third-order valence-corrected chi connectivity index (χ3v) is 5.98. The third kappa shape index (κ3) is 3.54. The highest BCUT2D eigenvalue weighted by molar-refractivity contribution is 7.17. The number of anilines is 2. The molecule has 0 radical (unpaired) electrons. The van der Waals surface area contributed by atoms with Crippen LogP contribution in [0.1, 0.15) is 20.9 Å². The average molecular weight is 387 g/mol. The van der Waals surface area contributed by atoms with E-state index in [1.807, 2.05) is 24.3 Å². The van der Waals surface area contributed by atoms with Crippen molar-refractivity contribution in [3.05, 3.63) is 40.4 Å². The van der Waals surface area contributed by atoms with Gasteiger partial charge in [-0.15, -0.1) is 0 Å². The highest BCUT2D eigenvalue weighted by Gasteiger charge is 2.28. The lowest BCUT2D eigenvalue weighted by Crippen LogP contribution is -2.36. The van der Waals surface area contributed by atoms with Crippen LogP contribution in [-0.2, 0) is 27.1 Å². The SMILES string of the molecule is COC(=O)c1sc(N2CCOCC2)nc1CC(=O)N1CCc2ccccc21. The summed E-state index contributed by atoms with van der Waals surface area (Å²) < 4.78 is 10.3. The zero-order chi connectivity index (χ0) is 18.8. The Hall–Kier alpha value is -2.45. The van der Waals surface area contributed by atoms with E-state index in [1.165, 1.54) is 24.0 Å². The van der Waals surface area contributed by atoms with Gasteiger partial charge in [0, 0.05) is 25.3 Å². The minimum atomic E-state index is -0.448. The summed E-state index contributed by atoms with van der Waals surface area (Å²) in [4.78, 5) is 34.0. The maximum atomic E-state index is 12.9. The number of fused-ring (bicyclic) bond motifs is 1. The lowest BCUT2D eigenvalue weighted by atomic mass is 10.2. The Bertz CT molecular complexity index is 860. The number of methoxy groups -OCH3 is 1. The number of aromatic nitrogens is 1. The number of amides is 1. The van der Waals surface area contributed by atoms with Gasteiger partial charge in [0.25, 0.3) is 0 Å². The first-order valence-electron chi connectivity index (χ1n) is 8.96. The molecule has 2 aliphatic rings. The van der Waals surface area contributed by atoms with E-state index < -0.39 is 5.97 Å². The first-order valence-corrected chi connectivity index (χ1v) is 9.78. The quantitative estimate of drug-likeness (QED) is 0.746. The number of hydrogen-bond donors (Lipinski definition) is 0. The van der Waals surface area contributed by atoms with Crippen LogP contribution in [0.15, 0.2) is 24.3 Å². The normalized spacial score (nSPS) is 16.3. The zero-order valence-electron chi connectivity index (χ0n) is 15.1. The van der Waals surface area contributed by atoms with E-state index in [0.29, 0.717) is 30.3 Å². The smallest absolute Gasteiger partial charge is 0.350 e. The van der Waals surface area contributed by atoms with Gasteiger partial charge >= 0.3 is 5.97 Å². The van der Waals surface area contributed by atoms with E-state index in [2.05, 4.69) is 9.88 Å². The van der Waals surface area contributed by atoms with Crippen molar-refractivity contribution < 1.29 is 19.1 Å². The molecule has 0 unspecified atom stereocenters. The maximum absolute atomic E-state index is 12.9. The van der Waals surface area contributed by atoms with E-state index in [0.717, 1.165) is 30.3 Å². The summed E-state index contributed by atoms with van der Waals surface area (Å²) in [6, 6.07) is 7.92. The van der Waals surface area contributed by atoms with Gasteiger partial charge in [0.2, 0.25) is 5.91 Å². The molecule has 1 saturated heterocycles. The summed E-state index contributed by atoms with van der Waals surface area (Å²) >= 11 is 1.28. The Balaban J connectivity index is 1.58. The van der Waals surface area contributed by atoms with Crippen LogP contribution in [0.25, 0.3) is 0 Å². The summed E-state index contributed by atoms with van der Waals surface area (Å²) in [5.74, 6) is -0.499. The molecule has 4 rings (SSSR count). The van der Waals surface area contributed by atoms with Gasteiger partial charge in [-0.05, 0) is 18.1 Å². The number of rotatable bonds is 4. The molecule has 8 heteroatoms. The van der Waals surface area contributed by atoms with Crippen LogP contribution in [0.2, 0.25) is 0 Å². The second kappa shape index (κ2) is 7.66. The number of carbonyl (C=O) groups excluding carboxylic acids is 2. The first-order chi connectivity index (χ1) is 13.2. The van der Waals surface area contributed by atoms with Crippen molar-refractivity contribution in [2.75, 3.05) is 49.8 Å². The van der Waals surface area contributed by atoms with Crippen LogP contribution in [0.3, 0.4) is 0 Å². The molecular formula is C19H21N3O4S. The molecule has 2 aliphatic heterocycles. The number of ether oxygens (including phenoxy) is 2. The molecule has 2 aromatic rings. The Morgan fingerprint density at radius 3 is 2.78 bits per heavy atom. The van der Waals surface area contributed by atoms with Crippen molar-refractivity contribution in [1.82, 2.24) is 4.98 Å². The summed E-state index contributed by atoms with van der Waals surface area (Å²) in [7, 11) is 1.35.